The minimum absolute atomic E-state index is 0.0532. The zero-order valence-corrected chi connectivity index (χ0v) is 25.6. The van der Waals surface area contributed by atoms with Crippen LogP contribution in [0.25, 0.3) is 0 Å². The second kappa shape index (κ2) is 13.7. The fourth-order valence-corrected chi connectivity index (χ4v) is 7.06. The average molecular weight is 617 g/mol. The maximum Gasteiger partial charge on any atom is 0.264 e. The van der Waals surface area contributed by atoms with Crippen LogP contribution in [0.4, 0.5) is 5.69 Å². The second-order valence-electron chi connectivity index (χ2n) is 10.3. The molecular weight excluding hydrogens is 581 g/mol. The molecule has 10 heteroatoms. The van der Waals surface area contributed by atoms with Crippen molar-refractivity contribution in [2.45, 2.75) is 69.5 Å². The molecule has 1 atom stereocenters. The third kappa shape index (κ3) is 7.61. The number of nitrogens with zero attached hydrogens (tertiary/aromatic N) is 2. The SMILES string of the molecule is CC[C@H](C(=O)NC1CCCC1)N(Cc1ccc(Cl)cc1)C(=O)CN(c1ccc(Cl)cc1C)S(=O)(=O)c1ccccc1. The molecule has 1 aliphatic carbocycles. The maximum absolute atomic E-state index is 14.2. The Morgan fingerprint density at radius 3 is 2.20 bits per heavy atom. The first-order valence-corrected chi connectivity index (χ1v) is 16.0. The Balaban J connectivity index is 1.72. The van der Waals surface area contributed by atoms with Crippen molar-refractivity contribution in [2.75, 3.05) is 10.8 Å². The van der Waals surface area contributed by atoms with E-state index in [9.17, 15) is 18.0 Å². The highest BCUT2D eigenvalue weighted by atomic mass is 35.5. The fraction of sp³-hybridized carbons (Fsp3) is 0.355. The molecule has 0 saturated heterocycles. The van der Waals surface area contributed by atoms with E-state index in [1.807, 2.05) is 6.92 Å². The smallest absolute Gasteiger partial charge is 0.264 e. The van der Waals surface area contributed by atoms with Gasteiger partial charge in [-0.1, -0.05) is 73.3 Å². The van der Waals surface area contributed by atoms with Gasteiger partial charge in [-0.25, -0.2) is 8.42 Å². The number of hydrogen-bond acceptors (Lipinski definition) is 4. The van der Waals surface area contributed by atoms with E-state index in [0.717, 1.165) is 35.6 Å². The van der Waals surface area contributed by atoms with Gasteiger partial charge in [0.15, 0.2) is 0 Å². The number of halogens is 2. The molecule has 0 aromatic heterocycles. The zero-order chi connectivity index (χ0) is 29.6. The molecule has 0 bridgehead atoms. The number of benzene rings is 3. The standard InChI is InChI=1S/C31H35Cl2N3O4S/c1-3-28(31(38)34-26-9-7-8-10-26)35(20-23-13-15-24(32)16-14-23)30(37)21-36(29-18-17-25(33)19-22(29)2)41(39,40)27-11-5-4-6-12-27/h4-6,11-19,26,28H,3,7-10,20-21H2,1-2H3,(H,34,38)/t28-/m1/s1. The molecular formula is C31H35Cl2N3O4S. The molecule has 4 rings (SSSR count). The zero-order valence-electron chi connectivity index (χ0n) is 23.2. The third-order valence-corrected chi connectivity index (χ3v) is 9.65. The summed E-state index contributed by atoms with van der Waals surface area (Å²) in [5.41, 5.74) is 1.71. The van der Waals surface area contributed by atoms with Crippen LogP contribution in [-0.4, -0.2) is 43.8 Å². The largest absolute Gasteiger partial charge is 0.352 e. The second-order valence-corrected chi connectivity index (χ2v) is 13.1. The number of rotatable bonds is 11. The molecule has 0 unspecified atom stereocenters. The molecule has 0 spiro atoms. The molecule has 3 aromatic rings. The summed E-state index contributed by atoms with van der Waals surface area (Å²) in [7, 11) is -4.14. The number of carbonyl (C=O) groups excluding carboxylic acids is 2. The van der Waals surface area contributed by atoms with E-state index in [4.69, 9.17) is 23.2 Å². The van der Waals surface area contributed by atoms with Crippen molar-refractivity contribution in [1.82, 2.24) is 10.2 Å². The van der Waals surface area contributed by atoms with Crippen molar-refractivity contribution in [2.24, 2.45) is 0 Å². The summed E-state index contributed by atoms with van der Waals surface area (Å²) in [6, 6.07) is 19.2. The van der Waals surface area contributed by atoms with Gasteiger partial charge in [-0.15, -0.1) is 0 Å². The van der Waals surface area contributed by atoms with E-state index in [0.29, 0.717) is 27.7 Å². The first-order chi connectivity index (χ1) is 19.6. The lowest BCUT2D eigenvalue weighted by atomic mass is 10.1. The summed E-state index contributed by atoms with van der Waals surface area (Å²) in [6.45, 7) is 3.21. The van der Waals surface area contributed by atoms with Crippen LogP contribution < -0.4 is 9.62 Å². The van der Waals surface area contributed by atoms with E-state index in [2.05, 4.69) is 5.32 Å². The third-order valence-electron chi connectivity index (χ3n) is 7.39. The van der Waals surface area contributed by atoms with Gasteiger partial charge < -0.3 is 10.2 Å². The highest BCUT2D eigenvalue weighted by molar-refractivity contribution is 7.92. The Morgan fingerprint density at radius 2 is 1.59 bits per heavy atom. The Bertz CT molecular complexity index is 1460. The van der Waals surface area contributed by atoms with Gasteiger partial charge in [0.05, 0.1) is 10.6 Å². The fourth-order valence-electron chi connectivity index (χ4n) is 5.21. The van der Waals surface area contributed by atoms with Crippen LogP contribution in [0.5, 0.6) is 0 Å². The molecule has 1 fully saturated rings. The number of aryl methyl sites for hydroxylation is 1. The van der Waals surface area contributed by atoms with Crippen LogP contribution >= 0.6 is 23.2 Å². The average Bonchev–Trinajstić information content (AvgIpc) is 3.46. The maximum atomic E-state index is 14.2. The summed E-state index contributed by atoms with van der Waals surface area (Å²) in [6.07, 6.45) is 4.30. The van der Waals surface area contributed by atoms with Gasteiger partial charge in [-0.3, -0.25) is 13.9 Å². The predicted octanol–water partition coefficient (Wildman–Crippen LogP) is 6.36. The van der Waals surface area contributed by atoms with Crippen molar-refractivity contribution in [3.05, 3.63) is 94.0 Å². The normalized spacial score (nSPS) is 14.4. The van der Waals surface area contributed by atoms with Crippen molar-refractivity contribution in [3.63, 3.8) is 0 Å². The van der Waals surface area contributed by atoms with Gasteiger partial charge in [0, 0.05) is 22.6 Å². The van der Waals surface area contributed by atoms with E-state index >= 15 is 0 Å². The first kappa shape index (κ1) is 30.9. The molecule has 7 nitrogen and oxygen atoms in total. The van der Waals surface area contributed by atoms with Crippen LogP contribution in [0.1, 0.15) is 50.2 Å². The predicted molar refractivity (Wildman–Crippen MR) is 164 cm³/mol. The highest BCUT2D eigenvalue weighted by Gasteiger charge is 2.35. The Kier molecular flexibility index (Phi) is 10.3. The lowest BCUT2D eigenvalue weighted by Gasteiger charge is -2.34. The topological polar surface area (TPSA) is 86.8 Å². The van der Waals surface area contributed by atoms with Gasteiger partial charge in [0.2, 0.25) is 11.8 Å². The molecule has 0 aliphatic heterocycles. The summed E-state index contributed by atoms with van der Waals surface area (Å²) >= 11 is 12.3. The van der Waals surface area contributed by atoms with Crippen LogP contribution in [0, 0.1) is 6.92 Å². The van der Waals surface area contributed by atoms with Gasteiger partial charge in [0.25, 0.3) is 10.0 Å². The van der Waals surface area contributed by atoms with Crippen molar-refractivity contribution in [3.8, 4) is 0 Å². The molecule has 0 radical (unpaired) electrons. The van der Waals surface area contributed by atoms with E-state index in [1.54, 1.807) is 67.6 Å². The Morgan fingerprint density at radius 1 is 0.951 bits per heavy atom. The summed E-state index contributed by atoms with van der Waals surface area (Å²) in [5.74, 6) is -0.732. The van der Waals surface area contributed by atoms with Crippen LogP contribution in [0.15, 0.2) is 77.7 Å². The van der Waals surface area contributed by atoms with Crippen LogP contribution in [0.2, 0.25) is 10.0 Å². The molecule has 1 saturated carbocycles. The molecule has 218 valence electrons. The lowest BCUT2D eigenvalue weighted by molar-refractivity contribution is -0.140. The van der Waals surface area contributed by atoms with Crippen molar-refractivity contribution >= 4 is 50.7 Å². The molecule has 3 aromatic carbocycles. The summed E-state index contributed by atoms with van der Waals surface area (Å²) < 4.78 is 29.0. The minimum Gasteiger partial charge on any atom is -0.352 e. The number of hydrogen-bond donors (Lipinski definition) is 1. The van der Waals surface area contributed by atoms with Gasteiger partial charge >= 0.3 is 0 Å². The Hall–Kier alpha value is -3.07. The molecule has 1 aliphatic rings. The van der Waals surface area contributed by atoms with E-state index in [1.165, 1.54) is 17.0 Å². The molecule has 0 heterocycles. The number of carbonyl (C=O) groups is 2. The number of nitrogens with one attached hydrogen (secondary N) is 1. The number of sulfonamides is 1. The van der Waals surface area contributed by atoms with Gasteiger partial charge in [0.1, 0.15) is 12.6 Å². The van der Waals surface area contributed by atoms with Crippen molar-refractivity contribution in [1.29, 1.82) is 0 Å². The van der Waals surface area contributed by atoms with E-state index in [-0.39, 0.29) is 23.4 Å². The van der Waals surface area contributed by atoms with Crippen molar-refractivity contribution < 1.29 is 18.0 Å². The Labute approximate surface area is 252 Å². The van der Waals surface area contributed by atoms with Gasteiger partial charge in [-0.2, -0.15) is 0 Å². The quantitative estimate of drug-likeness (QED) is 0.272. The molecule has 1 N–H and O–H groups in total. The molecule has 2 amide bonds. The molecule has 41 heavy (non-hydrogen) atoms. The summed E-state index contributed by atoms with van der Waals surface area (Å²) in [4.78, 5) is 29.2. The number of amides is 2. The monoisotopic (exact) mass is 615 g/mol. The van der Waals surface area contributed by atoms with Gasteiger partial charge in [-0.05, 0) is 79.8 Å². The minimum atomic E-state index is -4.14. The first-order valence-electron chi connectivity index (χ1n) is 13.8. The van der Waals surface area contributed by atoms with Crippen LogP contribution in [0.3, 0.4) is 0 Å². The number of anilines is 1. The van der Waals surface area contributed by atoms with E-state index < -0.39 is 28.5 Å². The van der Waals surface area contributed by atoms with Crippen LogP contribution in [-0.2, 0) is 26.2 Å². The summed E-state index contributed by atoms with van der Waals surface area (Å²) in [5, 5.41) is 4.12. The highest BCUT2D eigenvalue weighted by Crippen LogP contribution is 2.30. The lowest BCUT2D eigenvalue weighted by Crippen LogP contribution is -2.53.